The van der Waals surface area contributed by atoms with Crippen LogP contribution in [0.5, 0.6) is 0 Å². The Morgan fingerprint density at radius 3 is 2.83 bits per heavy atom. The van der Waals surface area contributed by atoms with Gasteiger partial charge in [0.15, 0.2) is 0 Å². The minimum Gasteiger partial charge on any atom is -0.393 e. The molecule has 1 radical (unpaired) electrons. The number of aromatic nitrogens is 3. The van der Waals surface area contributed by atoms with Crippen molar-refractivity contribution in [1.82, 2.24) is 15.0 Å². The molecule has 1 aliphatic rings. The first-order chi connectivity index (χ1) is 14.4. The normalized spacial score (nSPS) is 17.2. The van der Waals surface area contributed by atoms with Crippen LogP contribution in [-0.2, 0) is 11.3 Å². The van der Waals surface area contributed by atoms with E-state index in [1.807, 2.05) is 32.0 Å². The Labute approximate surface area is 175 Å². The Morgan fingerprint density at radius 2 is 2.10 bits per heavy atom. The lowest BCUT2D eigenvalue weighted by molar-refractivity contribution is 0.103. The number of oxime groups is 1. The highest BCUT2D eigenvalue weighted by Crippen LogP contribution is 2.38. The Bertz CT molecular complexity index is 1100. The van der Waals surface area contributed by atoms with Crippen LogP contribution < -0.4 is 5.73 Å². The van der Waals surface area contributed by atoms with Crippen LogP contribution >= 0.6 is 0 Å². The number of aryl methyl sites for hydroxylation is 1. The van der Waals surface area contributed by atoms with E-state index in [0.29, 0.717) is 12.8 Å². The molecule has 0 bridgehead atoms. The summed E-state index contributed by atoms with van der Waals surface area (Å²) < 4.78 is 14.1. The maximum atomic E-state index is 14.1. The molecule has 0 fully saturated rings. The molecule has 2 aromatic heterocycles. The third kappa shape index (κ3) is 4.01. The van der Waals surface area contributed by atoms with Crippen LogP contribution in [-0.4, -0.2) is 26.8 Å². The second-order valence-electron chi connectivity index (χ2n) is 7.52. The van der Waals surface area contributed by atoms with Gasteiger partial charge in [0.1, 0.15) is 11.9 Å². The first-order valence-corrected chi connectivity index (χ1v) is 9.81. The number of hydrogen-bond donors (Lipinski definition) is 1. The number of nitrogen functional groups attached to an aromatic ring is 1. The zero-order valence-electron chi connectivity index (χ0n) is 17.0. The molecule has 2 N–H and O–H groups in total. The molecule has 2 atom stereocenters. The molecular weight excluding hydrogens is 381 g/mol. The molecule has 7 heteroatoms. The zero-order chi connectivity index (χ0) is 21.3. The van der Waals surface area contributed by atoms with Gasteiger partial charge in [0.2, 0.25) is 5.95 Å². The second kappa shape index (κ2) is 8.18. The number of hydrogen-bond acceptors (Lipinski definition) is 6. The predicted molar refractivity (Wildman–Crippen MR) is 114 cm³/mol. The van der Waals surface area contributed by atoms with Crippen molar-refractivity contribution in [3.8, 4) is 11.1 Å². The van der Waals surface area contributed by atoms with E-state index in [1.165, 1.54) is 6.07 Å². The summed E-state index contributed by atoms with van der Waals surface area (Å²) in [7, 11) is 0. The molecular formula is C23H23FN5O. The molecule has 0 saturated carbocycles. The van der Waals surface area contributed by atoms with Crippen molar-refractivity contribution in [1.29, 1.82) is 0 Å². The van der Waals surface area contributed by atoms with Gasteiger partial charge in [-0.25, -0.2) is 14.4 Å². The first-order valence-electron chi connectivity index (χ1n) is 9.81. The maximum Gasteiger partial charge on any atom is 0.220 e. The first kappa shape index (κ1) is 19.9. The van der Waals surface area contributed by atoms with Gasteiger partial charge in [-0.2, -0.15) is 0 Å². The third-order valence-corrected chi connectivity index (χ3v) is 5.12. The summed E-state index contributed by atoms with van der Waals surface area (Å²) in [6.07, 6.45) is 4.38. The Kier molecular flexibility index (Phi) is 5.44. The van der Waals surface area contributed by atoms with E-state index < -0.39 is 0 Å². The van der Waals surface area contributed by atoms with Crippen LogP contribution in [0.3, 0.4) is 0 Å². The largest absolute Gasteiger partial charge is 0.393 e. The van der Waals surface area contributed by atoms with Crippen molar-refractivity contribution in [2.75, 3.05) is 5.73 Å². The molecule has 3 aromatic rings. The van der Waals surface area contributed by atoms with Gasteiger partial charge in [-0.1, -0.05) is 17.3 Å². The highest BCUT2D eigenvalue weighted by Gasteiger charge is 2.30. The van der Waals surface area contributed by atoms with Crippen LogP contribution in [0.25, 0.3) is 11.1 Å². The van der Waals surface area contributed by atoms with Crippen molar-refractivity contribution in [3.63, 3.8) is 0 Å². The van der Waals surface area contributed by atoms with Crippen LogP contribution in [0.1, 0.15) is 41.8 Å². The molecule has 6 nitrogen and oxygen atoms in total. The number of rotatable bonds is 4. The summed E-state index contributed by atoms with van der Waals surface area (Å²) in [6.45, 7) is 7.53. The second-order valence-corrected chi connectivity index (χ2v) is 7.52. The van der Waals surface area contributed by atoms with E-state index in [0.717, 1.165) is 39.4 Å². The van der Waals surface area contributed by atoms with Crippen LogP contribution in [0.15, 0.2) is 47.9 Å². The molecule has 30 heavy (non-hydrogen) atoms. The molecule has 0 aliphatic heterocycles. The Hall–Kier alpha value is -3.35. The number of pyridine rings is 1. The number of anilines is 1. The van der Waals surface area contributed by atoms with Gasteiger partial charge in [0.05, 0.1) is 17.1 Å². The molecule has 2 heterocycles. The van der Waals surface area contributed by atoms with Gasteiger partial charge < -0.3 is 10.6 Å². The van der Waals surface area contributed by atoms with Gasteiger partial charge in [-0.15, -0.1) is 0 Å². The predicted octanol–water partition coefficient (Wildman–Crippen LogP) is 4.24. The smallest absolute Gasteiger partial charge is 0.220 e. The fraction of sp³-hybridized carbons (Fsp3) is 0.261. The number of halogens is 1. The van der Waals surface area contributed by atoms with E-state index in [2.05, 4.69) is 27.0 Å². The molecule has 0 spiro atoms. The standard InChI is InChI=1S/C23H23FN5O/c1-13(2)30-29-21-10-16(9-20-22(21)14(3)27-23(25)28-20)18-7-6-17(24)11-19(18)15-5-4-8-26-12-15/h4-8,11-13,16H,1,9-10H2,2-3H3,(H2,25,27,28)/b29-21+/t13-,16?/m1/s1. The fourth-order valence-corrected chi connectivity index (χ4v) is 3.93. The summed E-state index contributed by atoms with van der Waals surface area (Å²) in [5.74, 6) is -0.0481. The van der Waals surface area contributed by atoms with Crippen LogP contribution in [0.2, 0.25) is 0 Å². The average Bonchev–Trinajstić information content (AvgIpc) is 2.72. The van der Waals surface area contributed by atoms with E-state index in [9.17, 15) is 4.39 Å². The molecule has 1 aromatic carbocycles. The zero-order valence-corrected chi connectivity index (χ0v) is 17.0. The van der Waals surface area contributed by atoms with Gasteiger partial charge >= 0.3 is 0 Å². The van der Waals surface area contributed by atoms with E-state index in [4.69, 9.17) is 10.6 Å². The SMILES string of the molecule is [CH2][C@H](C)O/N=C1\CC(c2ccc(F)cc2-c2cccnc2)Cc2nc(N)nc(C)c21. The minimum atomic E-state index is -0.298. The topological polar surface area (TPSA) is 86.3 Å². The molecule has 4 rings (SSSR count). The number of nitrogens with zero attached hydrogens (tertiary/aromatic N) is 4. The van der Waals surface area contributed by atoms with Gasteiger partial charge in [0.25, 0.3) is 0 Å². The van der Waals surface area contributed by atoms with Crippen molar-refractivity contribution in [3.05, 3.63) is 78.0 Å². The summed E-state index contributed by atoms with van der Waals surface area (Å²) in [6, 6.07) is 8.62. The molecule has 0 amide bonds. The number of benzene rings is 1. The van der Waals surface area contributed by atoms with Crippen molar-refractivity contribution in [2.24, 2.45) is 5.16 Å². The van der Waals surface area contributed by atoms with Crippen LogP contribution in [0, 0.1) is 19.7 Å². The molecule has 0 saturated heterocycles. The monoisotopic (exact) mass is 404 g/mol. The average molecular weight is 404 g/mol. The van der Waals surface area contributed by atoms with Gasteiger partial charge in [0, 0.05) is 29.9 Å². The maximum absolute atomic E-state index is 14.1. The lowest BCUT2D eigenvalue weighted by Gasteiger charge is -2.28. The summed E-state index contributed by atoms with van der Waals surface area (Å²) >= 11 is 0. The van der Waals surface area contributed by atoms with Crippen molar-refractivity contribution < 1.29 is 9.23 Å². The summed E-state index contributed by atoms with van der Waals surface area (Å²) in [5, 5.41) is 4.36. The highest BCUT2D eigenvalue weighted by molar-refractivity contribution is 6.03. The number of nitrogens with two attached hydrogens (primary N) is 1. The molecule has 1 unspecified atom stereocenters. The Balaban J connectivity index is 1.82. The van der Waals surface area contributed by atoms with Gasteiger partial charge in [-0.05, 0) is 62.4 Å². The quantitative estimate of drug-likeness (QED) is 0.657. The lowest BCUT2D eigenvalue weighted by Crippen LogP contribution is -2.24. The third-order valence-electron chi connectivity index (χ3n) is 5.12. The van der Waals surface area contributed by atoms with Crippen molar-refractivity contribution >= 4 is 11.7 Å². The highest BCUT2D eigenvalue weighted by atomic mass is 19.1. The van der Waals surface area contributed by atoms with Crippen LogP contribution in [0.4, 0.5) is 10.3 Å². The summed E-state index contributed by atoms with van der Waals surface area (Å²) in [4.78, 5) is 18.4. The van der Waals surface area contributed by atoms with E-state index in [-0.39, 0.29) is 23.8 Å². The summed E-state index contributed by atoms with van der Waals surface area (Å²) in [5.41, 5.74) is 11.8. The lowest BCUT2D eigenvalue weighted by atomic mass is 9.78. The molecule has 153 valence electrons. The number of fused-ring (bicyclic) bond motifs is 1. The van der Waals surface area contributed by atoms with E-state index in [1.54, 1.807) is 18.5 Å². The Morgan fingerprint density at radius 1 is 1.27 bits per heavy atom. The fourth-order valence-electron chi connectivity index (χ4n) is 3.93. The minimum absolute atomic E-state index is 0.0180. The van der Waals surface area contributed by atoms with Gasteiger partial charge in [-0.3, -0.25) is 4.98 Å². The van der Waals surface area contributed by atoms with Crippen molar-refractivity contribution in [2.45, 2.75) is 38.7 Å². The van der Waals surface area contributed by atoms with E-state index >= 15 is 0 Å². The molecule has 1 aliphatic carbocycles.